The van der Waals surface area contributed by atoms with Crippen LogP contribution in [-0.4, -0.2) is 33.1 Å². The normalized spacial score (nSPS) is 19.8. The highest BCUT2D eigenvalue weighted by atomic mass is 32.1. The lowest BCUT2D eigenvalue weighted by Crippen LogP contribution is -2.31. The van der Waals surface area contributed by atoms with Gasteiger partial charge in [0, 0.05) is 40.5 Å². The van der Waals surface area contributed by atoms with Crippen LogP contribution in [0, 0.1) is 10.1 Å². The van der Waals surface area contributed by atoms with Crippen molar-refractivity contribution < 1.29 is 19.6 Å². The van der Waals surface area contributed by atoms with Crippen molar-refractivity contribution in [3.05, 3.63) is 77.4 Å². The van der Waals surface area contributed by atoms with Gasteiger partial charge in [-0.15, -0.1) is 11.3 Å². The van der Waals surface area contributed by atoms with Crippen molar-refractivity contribution in [2.24, 2.45) is 0 Å². The molecule has 3 heterocycles. The molecule has 164 valence electrons. The number of nitro benzene ring substituents is 1. The number of hydrogen-bond acceptors (Lipinski definition) is 8. The number of ketones is 1. The molecule has 0 bridgehead atoms. The number of methoxy groups -OCH3 is 1. The molecule has 2 atom stereocenters. The fourth-order valence-electron chi connectivity index (χ4n) is 4.55. The van der Waals surface area contributed by atoms with Crippen molar-refractivity contribution in [2.45, 2.75) is 24.7 Å². The lowest BCUT2D eigenvalue weighted by atomic mass is 9.74. The molecule has 0 unspecified atom stereocenters. The number of fused-ring (bicyclic) bond motifs is 1. The number of carbonyl (C=O) groups excluding carboxylic acids is 1. The molecular formula is C21H18N4O6S. The van der Waals surface area contributed by atoms with Crippen LogP contribution in [0.15, 0.2) is 45.7 Å². The molecule has 10 nitrogen and oxygen atoms in total. The molecule has 11 heteroatoms. The highest BCUT2D eigenvalue weighted by molar-refractivity contribution is 7.10. The van der Waals surface area contributed by atoms with Gasteiger partial charge in [0.15, 0.2) is 11.5 Å². The first-order valence-electron chi connectivity index (χ1n) is 9.81. The lowest BCUT2D eigenvalue weighted by Gasteiger charge is -2.34. The second-order valence-electron chi connectivity index (χ2n) is 7.71. The number of aromatic amines is 2. The van der Waals surface area contributed by atoms with Crippen LogP contribution >= 0.6 is 11.3 Å². The summed E-state index contributed by atoms with van der Waals surface area (Å²) >= 11 is 1.58. The number of phenols is 1. The highest BCUT2D eigenvalue weighted by Crippen LogP contribution is 2.49. The van der Waals surface area contributed by atoms with Crippen molar-refractivity contribution >= 4 is 28.6 Å². The monoisotopic (exact) mass is 454 g/mol. The number of benzene rings is 1. The van der Waals surface area contributed by atoms with E-state index in [4.69, 9.17) is 4.74 Å². The average molecular weight is 454 g/mol. The molecule has 0 saturated carbocycles. The van der Waals surface area contributed by atoms with E-state index in [1.807, 2.05) is 17.5 Å². The van der Waals surface area contributed by atoms with Crippen molar-refractivity contribution in [3.63, 3.8) is 0 Å². The van der Waals surface area contributed by atoms with Crippen molar-refractivity contribution in [1.29, 1.82) is 0 Å². The van der Waals surface area contributed by atoms with Crippen LogP contribution in [0.4, 0.5) is 11.5 Å². The molecule has 1 aromatic carbocycles. The van der Waals surface area contributed by atoms with E-state index < -0.39 is 27.8 Å². The number of ether oxygens (including phenoxy) is 1. The number of aromatic hydroxyl groups is 1. The van der Waals surface area contributed by atoms with E-state index in [1.54, 1.807) is 11.3 Å². The van der Waals surface area contributed by atoms with Crippen LogP contribution in [0.1, 0.15) is 40.7 Å². The quantitative estimate of drug-likeness (QED) is 0.349. The average Bonchev–Trinajstić information content (AvgIpc) is 3.43. The van der Waals surface area contributed by atoms with Gasteiger partial charge in [-0.2, -0.15) is 0 Å². The molecule has 3 aromatic rings. The van der Waals surface area contributed by atoms with Gasteiger partial charge in [0.2, 0.25) is 5.75 Å². The Morgan fingerprint density at radius 1 is 1.25 bits per heavy atom. The Labute approximate surface area is 184 Å². The number of hydrogen-bond donors (Lipinski definition) is 4. The predicted molar refractivity (Wildman–Crippen MR) is 117 cm³/mol. The molecular weight excluding hydrogens is 436 g/mol. The van der Waals surface area contributed by atoms with Gasteiger partial charge >= 0.3 is 5.69 Å². The van der Waals surface area contributed by atoms with E-state index in [-0.39, 0.29) is 29.4 Å². The largest absolute Gasteiger partial charge is 0.500 e. The predicted octanol–water partition coefficient (Wildman–Crippen LogP) is 3.35. The van der Waals surface area contributed by atoms with Crippen LogP contribution in [-0.2, 0) is 4.79 Å². The Hall–Kier alpha value is -3.86. The topological polar surface area (TPSA) is 150 Å². The number of nitrogens with one attached hydrogen (secondary N) is 3. The van der Waals surface area contributed by atoms with Gasteiger partial charge in [0.1, 0.15) is 5.82 Å². The van der Waals surface area contributed by atoms with E-state index in [2.05, 4.69) is 15.5 Å². The Bertz CT molecular complexity index is 1340. The Balaban J connectivity index is 1.71. The molecule has 4 N–H and O–H groups in total. The summed E-state index contributed by atoms with van der Waals surface area (Å²) in [5.41, 5.74) is 0.642. The summed E-state index contributed by atoms with van der Waals surface area (Å²) in [6.45, 7) is 0. The van der Waals surface area contributed by atoms with E-state index >= 15 is 0 Å². The number of nitrogens with zero attached hydrogens (tertiary/aromatic N) is 1. The molecule has 1 aliphatic heterocycles. The summed E-state index contributed by atoms with van der Waals surface area (Å²) < 4.78 is 5.13. The SMILES string of the molecule is COc1cc([C@@H]2C3=C(C[C@@H](c4cccs4)CC3=O)Nc3[nH][nH]c(=O)c32)cc([N+](=O)[O-])c1O. The van der Waals surface area contributed by atoms with E-state index in [0.29, 0.717) is 29.1 Å². The fraction of sp³-hybridized carbons (Fsp3) is 0.238. The maximum absolute atomic E-state index is 13.4. The summed E-state index contributed by atoms with van der Waals surface area (Å²) in [5.74, 6) is -1.29. The first-order valence-corrected chi connectivity index (χ1v) is 10.7. The van der Waals surface area contributed by atoms with Crippen LogP contribution < -0.4 is 15.6 Å². The Kier molecular flexibility index (Phi) is 4.63. The zero-order valence-electron chi connectivity index (χ0n) is 16.8. The minimum Gasteiger partial charge on any atom is -0.500 e. The number of anilines is 1. The smallest absolute Gasteiger partial charge is 0.314 e. The van der Waals surface area contributed by atoms with Gasteiger partial charge in [-0.3, -0.25) is 29.9 Å². The van der Waals surface area contributed by atoms with Gasteiger partial charge < -0.3 is 15.2 Å². The van der Waals surface area contributed by atoms with Crippen LogP contribution in [0.3, 0.4) is 0 Å². The summed E-state index contributed by atoms with van der Waals surface area (Å²) in [6.07, 6.45) is 0.828. The summed E-state index contributed by atoms with van der Waals surface area (Å²) in [4.78, 5) is 37.9. The number of nitro groups is 1. The highest BCUT2D eigenvalue weighted by Gasteiger charge is 2.41. The maximum Gasteiger partial charge on any atom is 0.314 e. The second-order valence-corrected chi connectivity index (χ2v) is 8.69. The molecule has 32 heavy (non-hydrogen) atoms. The molecule has 5 rings (SSSR count). The molecule has 2 aliphatic rings. The molecule has 0 saturated heterocycles. The number of Topliss-reactive ketones (excluding diaryl/α,β-unsaturated/α-hetero) is 1. The van der Waals surface area contributed by atoms with E-state index in [1.165, 1.54) is 19.2 Å². The summed E-state index contributed by atoms with van der Waals surface area (Å²) in [6, 6.07) is 6.55. The number of aromatic nitrogens is 2. The third kappa shape index (κ3) is 3.01. The van der Waals surface area contributed by atoms with Crippen molar-refractivity contribution in [2.75, 3.05) is 12.4 Å². The number of H-pyrrole nitrogens is 2. The van der Waals surface area contributed by atoms with Crippen molar-refractivity contribution in [1.82, 2.24) is 10.2 Å². The summed E-state index contributed by atoms with van der Waals surface area (Å²) in [5, 5.41) is 32.2. The van der Waals surface area contributed by atoms with Gasteiger partial charge in [-0.25, -0.2) is 0 Å². The van der Waals surface area contributed by atoms with Crippen LogP contribution in [0.25, 0.3) is 0 Å². The minimum atomic E-state index is -0.846. The van der Waals surface area contributed by atoms with Crippen LogP contribution in [0.5, 0.6) is 11.5 Å². The maximum atomic E-state index is 13.4. The molecule has 0 amide bonds. The third-order valence-electron chi connectivity index (χ3n) is 5.95. The van der Waals surface area contributed by atoms with Gasteiger partial charge in [0.05, 0.1) is 17.6 Å². The molecule has 0 radical (unpaired) electrons. The van der Waals surface area contributed by atoms with Crippen molar-refractivity contribution in [3.8, 4) is 11.5 Å². The van der Waals surface area contributed by atoms with E-state index in [0.717, 1.165) is 4.88 Å². The number of rotatable bonds is 4. The van der Waals surface area contributed by atoms with Gasteiger partial charge in [-0.05, 0) is 29.5 Å². The van der Waals surface area contributed by atoms with Crippen LogP contribution in [0.2, 0.25) is 0 Å². The molecule has 1 aliphatic carbocycles. The minimum absolute atomic E-state index is 0.00491. The standard InChI is InChI=1S/C21H18N4O6S/c1-31-14-8-10(6-12(19(14)27)25(29)30)16-17-11(22-20-18(16)21(28)24-23-20)5-9(7-13(17)26)15-3-2-4-32-15/h2-4,6,8-9,16,27H,5,7H2,1H3,(H3,22,23,24,28)/t9-,16-/m1/s1. The first-order chi connectivity index (χ1) is 15.4. The fourth-order valence-corrected chi connectivity index (χ4v) is 5.38. The number of carbonyl (C=O) groups is 1. The summed E-state index contributed by atoms with van der Waals surface area (Å²) in [7, 11) is 1.28. The first kappa shape index (κ1) is 20.1. The lowest BCUT2D eigenvalue weighted by molar-refractivity contribution is -0.386. The zero-order valence-corrected chi connectivity index (χ0v) is 17.6. The van der Waals surface area contributed by atoms with E-state index in [9.17, 15) is 24.8 Å². The Morgan fingerprint density at radius 3 is 2.75 bits per heavy atom. The zero-order chi connectivity index (χ0) is 22.6. The molecule has 0 spiro atoms. The molecule has 0 fully saturated rings. The number of thiophene rings is 1. The second kappa shape index (κ2) is 7.38. The Morgan fingerprint density at radius 2 is 2.06 bits per heavy atom. The molecule has 2 aromatic heterocycles. The van der Waals surface area contributed by atoms with Gasteiger partial charge in [0.25, 0.3) is 5.56 Å². The number of allylic oxidation sites excluding steroid dienone is 2. The van der Waals surface area contributed by atoms with Gasteiger partial charge in [-0.1, -0.05) is 6.07 Å². The number of phenolic OH excluding ortho intramolecular Hbond substituents is 1. The third-order valence-corrected chi connectivity index (χ3v) is 6.98.